The molecule has 0 aliphatic rings. The van der Waals surface area contributed by atoms with E-state index in [9.17, 15) is 9.59 Å². The molecule has 0 aromatic heterocycles. The zero-order valence-corrected chi connectivity index (χ0v) is 19.1. The van der Waals surface area contributed by atoms with Crippen LogP contribution in [0, 0.1) is 0 Å². The summed E-state index contributed by atoms with van der Waals surface area (Å²) in [5, 5.41) is 3.85. The number of para-hydroxylation sites is 1. The van der Waals surface area contributed by atoms with E-state index >= 15 is 0 Å². The van der Waals surface area contributed by atoms with Crippen molar-refractivity contribution in [2.75, 3.05) is 6.61 Å². The van der Waals surface area contributed by atoms with Gasteiger partial charge in [0.15, 0.2) is 6.61 Å². The standard InChI is InChI=1S/C25H24Cl2N2O3/c1-18(25(31)28-15-20-12-13-21(26)14-23(20)27)29(16-19-8-4-2-5-9-19)24(30)17-32-22-10-6-3-7-11-22/h2-14,18H,15-17H2,1H3,(H,28,31). The largest absolute Gasteiger partial charge is 0.484 e. The lowest BCUT2D eigenvalue weighted by Crippen LogP contribution is -2.48. The summed E-state index contributed by atoms with van der Waals surface area (Å²) in [5.74, 6) is 0.0138. The molecular formula is C25H24Cl2N2O3. The summed E-state index contributed by atoms with van der Waals surface area (Å²) in [7, 11) is 0. The Morgan fingerprint density at radius 1 is 0.969 bits per heavy atom. The van der Waals surface area contributed by atoms with Gasteiger partial charge in [-0.2, -0.15) is 0 Å². The van der Waals surface area contributed by atoms with Crippen LogP contribution in [0.5, 0.6) is 5.75 Å². The van der Waals surface area contributed by atoms with Crippen LogP contribution < -0.4 is 10.1 Å². The summed E-state index contributed by atoms with van der Waals surface area (Å²) in [4.78, 5) is 27.4. The third kappa shape index (κ3) is 6.74. The minimum absolute atomic E-state index is 0.169. The van der Waals surface area contributed by atoms with E-state index in [-0.39, 0.29) is 31.5 Å². The summed E-state index contributed by atoms with van der Waals surface area (Å²) >= 11 is 12.1. The van der Waals surface area contributed by atoms with Crippen molar-refractivity contribution < 1.29 is 14.3 Å². The van der Waals surface area contributed by atoms with Crippen LogP contribution in [0.4, 0.5) is 0 Å². The van der Waals surface area contributed by atoms with Crippen molar-refractivity contribution in [1.82, 2.24) is 10.2 Å². The predicted molar refractivity (Wildman–Crippen MR) is 127 cm³/mol. The molecule has 0 aliphatic carbocycles. The van der Waals surface area contributed by atoms with Crippen molar-refractivity contribution in [3.05, 3.63) is 100 Å². The lowest BCUT2D eigenvalue weighted by molar-refractivity contribution is -0.142. The highest BCUT2D eigenvalue weighted by atomic mass is 35.5. The van der Waals surface area contributed by atoms with Gasteiger partial charge in [0.2, 0.25) is 5.91 Å². The van der Waals surface area contributed by atoms with Crippen molar-refractivity contribution in [3.63, 3.8) is 0 Å². The molecule has 5 nitrogen and oxygen atoms in total. The van der Waals surface area contributed by atoms with E-state index < -0.39 is 6.04 Å². The van der Waals surface area contributed by atoms with Crippen LogP contribution in [-0.4, -0.2) is 29.4 Å². The SMILES string of the molecule is CC(C(=O)NCc1ccc(Cl)cc1Cl)N(Cc1ccccc1)C(=O)COc1ccccc1. The highest BCUT2D eigenvalue weighted by Crippen LogP contribution is 2.21. The van der Waals surface area contributed by atoms with Gasteiger partial charge in [-0.25, -0.2) is 0 Å². The highest BCUT2D eigenvalue weighted by Gasteiger charge is 2.26. The van der Waals surface area contributed by atoms with E-state index in [1.165, 1.54) is 4.90 Å². The number of ether oxygens (including phenoxy) is 1. The van der Waals surface area contributed by atoms with Gasteiger partial charge in [0, 0.05) is 23.1 Å². The van der Waals surface area contributed by atoms with E-state index in [1.54, 1.807) is 37.3 Å². The average Bonchev–Trinajstić information content (AvgIpc) is 2.81. The van der Waals surface area contributed by atoms with Crippen LogP contribution in [0.3, 0.4) is 0 Å². The molecule has 3 aromatic rings. The van der Waals surface area contributed by atoms with Crippen molar-refractivity contribution in [3.8, 4) is 5.75 Å². The highest BCUT2D eigenvalue weighted by molar-refractivity contribution is 6.35. The Labute approximate surface area is 197 Å². The third-order valence-electron chi connectivity index (χ3n) is 4.94. The van der Waals surface area contributed by atoms with Gasteiger partial charge in [-0.1, -0.05) is 77.8 Å². The molecule has 0 saturated carbocycles. The number of nitrogens with one attached hydrogen (secondary N) is 1. The van der Waals surface area contributed by atoms with Crippen LogP contribution in [0.15, 0.2) is 78.9 Å². The number of rotatable bonds is 9. The van der Waals surface area contributed by atoms with Gasteiger partial charge in [-0.05, 0) is 42.3 Å². The molecule has 1 unspecified atom stereocenters. The van der Waals surface area contributed by atoms with Gasteiger partial charge in [0.1, 0.15) is 11.8 Å². The Kier molecular flexibility index (Phi) is 8.54. The first-order valence-electron chi connectivity index (χ1n) is 10.2. The molecule has 2 amide bonds. The minimum atomic E-state index is -0.715. The summed E-state index contributed by atoms with van der Waals surface area (Å²) in [6.07, 6.45) is 0. The van der Waals surface area contributed by atoms with E-state index in [4.69, 9.17) is 27.9 Å². The topological polar surface area (TPSA) is 58.6 Å². The fourth-order valence-electron chi connectivity index (χ4n) is 3.10. The first-order valence-corrected chi connectivity index (χ1v) is 10.9. The fraction of sp³-hybridized carbons (Fsp3) is 0.200. The number of halogens is 2. The Morgan fingerprint density at radius 3 is 2.28 bits per heavy atom. The van der Waals surface area contributed by atoms with Crippen molar-refractivity contribution >= 4 is 35.0 Å². The number of nitrogens with zero attached hydrogens (tertiary/aromatic N) is 1. The average molecular weight is 471 g/mol. The molecule has 0 fully saturated rings. The van der Waals surface area contributed by atoms with Gasteiger partial charge in [-0.15, -0.1) is 0 Å². The first kappa shape index (κ1) is 23.6. The number of carbonyl (C=O) groups is 2. The molecule has 0 bridgehead atoms. The molecule has 3 rings (SSSR count). The number of carbonyl (C=O) groups excluding carboxylic acids is 2. The van der Waals surface area contributed by atoms with Crippen LogP contribution in [0.25, 0.3) is 0 Å². The van der Waals surface area contributed by atoms with E-state index in [2.05, 4.69) is 5.32 Å². The first-order chi connectivity index (χ1) is 15.4. The maximum atomic E-state index is 13.0. The molecule has 0 saturated heterocycles. The second-order valence-corrected chi connectivity index (χ2v) is 8.08. The number of hydrogen-bond donors (Lipinski definition) is 1. The molecule has 7 heteroatoms. The van der Waals surface area contributed by atoms with Crippen molar-refractivity contribution in [2.24, 2.45) is 0 Å². The zero-order chi connectivity index (χ0) is 22.9. The molecule has 3 aromatic carbocycles. The Bertz CT molecular complexity index is 1050. The van der Waals surface area contributed by atoms with E-state index in [0.29, 0.717) is 15.8 Å². The van der Waals surface area contributed by atoms with Crippen LogP contribution >= 0.6 is 23.2 Å². The summed E-state index contributed by atoms with van der Waals surface area (Å²) in [6, 6.07) is 23.0. The molecular weight excluding hydrogens is 447 g/mol. The molecule has 0 heterocycles. The number of amides is 2. The molecule has 0 radical (unpaired) electrons. The zero-order valence-electron chi connectivity index (χ0n) is 17.6. The second-order valence-electron chi connectivity index (χ2n) is 7.24. The van der Waals surface area contributed by atoms with Gasteiger partial charge < -0.3 is 15.0 Å². The lowest BCUT2D eigenvalue weighted by atomic mass is 10.1. The number of benzene rings is 3. The molecule has 0 aliphatic heterocycles. The smallest absolute Gasteiger partial charge is 0.261 e. The van der Waals surface area contributed by atoms with Gasteiger partial charge in [0.25, 0.3) is 5.91 Å². The monoisotopic (exact) mass is 470 g/mol. The normalized spacial score (nSPS) is 11.5. The van der Waals surface area contributed by atoms with Crippen LogP contribution in [0.2, 0.25) is 10.0 Å². The van der Waals surface area contributed by atoms with Crippen molar-refractivity contribution in [2.45, 2.75) is 26.1 Å². The predicted octanol–water partition coefficient (Wildman–Crippen LogP) is 5.11. The molecule has 1 atom stereocenters. The molecule has 166 valence electrons. The summed E-state index contributed by atoms with van der Waals surface area (Å²) in [5.41, 5.74) is 1.66. The maximum Gasteiger partial charge on any atom is 0.261 e. The third-order valence-corrected chi connectivity index (χ3v) is 5.52. The Balaban J connectivity index is 1.69. The van der Waals surface area contributed by atoms with Crippen LogP contribution in [0.1, 0.15) is 18.1 Å². The summed E-state index contributed by atoms with van der Waals surface area (Å²) < 4.78 is 5.62. The molecule has 1 N–H and O–H groups in total. The second kappa shape index (κ2) is 11.6. The number of hydrogen-bond acceptors (Lipinski definition) is 3. The van der Waals surface area contributed by atoms with Gasteiger partial charge >= 0.3 is 0 Å². The molecule has 0 spiro atoms. The van der Waals surface area contributed by atoms with Crippen LogP contribution in [-0.2, 0) is 22.7 Å². The van der Waals surface area contributed by atoms with Crippen molar-refractivity contribution in [1.29, 1.82) is 0 Å². The van der Waals surface area contributed by atoms with E-state index in [1.807, 2.05) is 48.5 Å². The van der Waals surface area contributed by atoms with E-state index in [0.717, 1.165) is 11.1 Å². The van der Waals surface area contributed by atoms with Gasteiger partial charge in [-0.3, -0.25) is 9.59 Å². The molecule has 32 heavy (non-hydrogen) atoms. The Hall–Kier alpha value is -3.02. The van der Waals surface area contributed by atoms with Gasteiger partial charge in [0.05, 0.1) is 0 Å². The fourth-order valence-corrected chi connectivity index (χ4v) is 3.58. The quantitative estimate of drug-likeness (QED) is 0.472. The Morgan fingerprint density at radius 2 is 1.62 bits per heavy atom. The minimum Gasteiger partial charge on any atom is -0.484 e. The summed E-state index contributed by atoms with van der Waals surface area (Å²) in [6.45, 7) is 2.04. The lowest BCUT2D eigenvalue weighted by Gasteiger charge is -2.28. The maximum absolute atomic E-state index is 13.0.